The van der Waals surface area contributed by atoms with Crippen LogP contribution in [0.2, 0.25) is 0 Å². The second-order valence-corrected chi connectivity index (χ2v) is 6.46. The third kappa shape index (κ3) is 0.935. The first-order valence-electron chi connectivity index (χ1n) is 5.86. The predicted molar refractivity (Wildman–Crippen MR) is 59.0 cm³/mol. The molecule has 0 aromatic rings. The van der Waals surface area contributed by atoms with Gasteiger partial charge >= 0.3 is 5.97 Å². The minimum atomic E-state index is -1.20. The van der Waals surface area contributed by atoms with Crippen LogP contribution < -0.4 is 0 Å². The molecule has 0 aromatic carbocycles. The van der Waals surface area contributed by atoms with Crippen molar-refractivity contribution in [2.24, 2.45) is 17.3 Å². The maximum atomic E-state index is 11.7. The van der Waals surface area contributed by atoms with E-state index in [1.165, 1.54) is 7.11 Å². The lowest BCUT2D eigenvalue weighted by molar-refractivity contribution is -0.144. The van der Waals surface area contributed by atoms with Crippen LogP contribution in [0.1, 0.15) is 33.1 Å². The van der Waals surface area contributed by atoms with Crippen molar-refractivity contribution >= 4 is 17.6 Å². The van der Waals surface area contributed by atoms with Crippen molar-refractivity contribution in [3.63, 3.8) is 0 Å². The third-order valence-corrected chi connectivity index (χ3v) is 5.72. The van der Waals surface area contributed by atoms with E-state index in [4.69, 9.17) is 21.1 Å². The first-order valence-corrected chi connectivity index (χ1v) is 6.24. The minimum absolute atomic E-state index is 0.253. The van der Waals surface area contributed by atoms with Gasteiger partial charge in [0.15, 0.2) is 0 Å². The number of hydrogen-bond acceptors (Lipinski definition) is 3. The number of ether oxygens (including phenoxy) is 2. The second-order valence-electron chi connectivity index (χ2n) is 5.92. The first-order chi connectivity index (χ1) is 7.38. The molecule has 1 aliphatic heterocycles. The van der Waals surface area contributed by atoms with Gasteiger partial charge in [-0.15, -0.1) is 0 Å². The quantitative estimate of drug-likeness (QED) is 0.404. The van der Waals surface area contributed by atoms with Crippen molar-refractivity contribution in [2.75, 3.05) is 7.11 Å². The van der Waals surface area contributed by atoms with Gasteiger partial charge in [-0.3, -0.25) is 0 Å². The van der Waals surface area contributed by atoms with Crippen molar-refractivity contribution in [1.29, 1.82) is 0 Å². The monoisotopic (exact) mass is 244 g/mol. The molecule has 0 aromatic heterocycles. The fourth-order valence-corrected chi connectivity index (χ4v) is 4.38. The summed E-state index contributed by atoms with van der Waals surface area (Å²) in [4.78, 5) is 11.7. The molecule has 4 aliphatic rings. The van der Waals surface area contributed by atoms with Crippen LogP contribution in [0.3, 0.4) is 0 Å². The van der Waals surface area contributed by atoms with Gasteiger partial charge in [0.25, 0.3) is 5.06 Å². The normalized spacial score (nSPS) is 52.0. The molecule has 4 atom stereocenters. The SMILES string of the molecule is COC(=O)C1(Cl)OC12CCC1CC2C1(C)C. The number of epoxide rings is 1. The Balaban J connectivity index is 1.90. The highest BCUT2D eigenvalue weighted by atomic mass is 35.5. The van der Waals surface area contributed by atoms with Gasteiger partial charge in [-0.1, -0.05) is 25.4 Å². The van der Waals surface area contributed by atoms with Gasteiger partial charge in [0.05, 0.1) is 7.11 Å². The molecular formula is C12H17ClO3. The van der Waals surface area contributed by atoms with Gasteiger partial charge in [-0.05, 0) is 36.5 Å². The number of halogens is 1. The smallest absolute Gasteiger partial charge is 0.357 e. The molecular weight excluding hydrogens is 228 g/mol. The predicted octanol–water partition coefficient (Wildman–Crippen LogP) is 2.32. The Kier molecular flexibility index (Phi) is 1.87. The average molecular weight is 245 g/mol. The van der Waals surface area contributed by atoms with E-state index >= 15 is 0 Å². The number of hydrogen-bond donors (Lipinski definition) is 0. The number of carbonyl (C=O) groups excluding carboxylic acids is 1. The summed E-state index contributed by atoms with van der Waals surface area (Å²) in [6.07, 6.45) is 3.14. The van der Waals surface area contributed by atoms with E-state index in [1.807, 2.05) is 0 Å². The number of rotatable bonds is 1. The molecule has 2 bridgehead atoms. The highest BCUT2D eigenvalue weighted by Gasteiger charge is 2.83. The standard InChI is InChI=1S/C12H17ClO3/c1-10(2)7-4-5-11(8(10)6-7)12(13,16-11)9(14)15-3/h7-8H,4-6H2,1-3H3. The van der Waals surface area contributed by atoms with E-state index in [0.29, 0.717) is 5.92 Å². The molecule has 0 radical (unpaired) electrons. The van der Waals surface area contributed by atoms with Crippen LogP contribution in [0.5, 0.6) is 0 Å². The fourth-order valence-electron chi connectivity index (χ4n) is 3.94. The van der Waals surface area contributed by atoms with Crippen LogP contribution in [0.4, 0.5) is 0 Å². The summed E-state index contributed by atoms with van der Waals surface area (Å²) in [6.45, 7) is 4.51. The van der Waals surface area contributed by atoms with E-state index in [1.54, 1.807) is 0 Å². The Bertz CT molecular complexity index is 365. The highest BCUT2D eigenvalue weighted by molar-refractivity contribution is 6.36. The van der Waals surface area contributed by atoms with Crippen LogP contribution in [-0.2, 0) is 14.3 Å². The Labute approximate surface area is 100 Å². The fraction of sp³-hybridized carbons (Fsp3) is 0.917. The van der Waals surface area contributed by atoms with Gasteiger partial charge < -0.3 is 9.47 Å². The van der Waals surface area contributed by atoms with Crippen LogP contribution in [0, 0.1) is 17.3 Å². The molecule has 3 aliphatic carbocycles. The Morgan fingerprint density at radius 1 is 1.50 bits per heavy atom. The lowest BCUT2D eigenvalue weighted by Gasteiger charge is -2.59. The summed E-state index contributed by atoms with van der Waals surface area (Å²) >= 11 is 6.28. The largest absolute Gasteiger partial charge is 0.466 e. The lowest BCUT2D eigenvalue weighted by atomic mass is 9.45. The molecule has 1 spiro atoms. The van der Waals surface area contributed by atoms with Crippen LogP contribution in [0.15, 0.2) is 0 Å². The van der Waals surface area contributed by atoms with Gasteiger partial charge in [0.2, 0.25) is 0 Å². The summed E-state index contributed by atoms with van der Waals surface area (Å²) in [5, 5.41) is -1.20. The molecule has 16 heavy (non-hydrogen) atoms. The van der Waals surface area contributed by atoms with Crippen molar-refractivity contribution in [2.45, 2.75) is 43.8 Å². The second kappa shape index (κ2) is 2.75. The molecule has 90 valence electrons. The number of carbonyl (C=O) groups is 1. The van der Waals surface area contributed by atoms with Crippen molar-refractivity contribution in [3.8, 4) is 0 Å². The number of esters is 1. The molecule has 1 saturated heterocycles. The summed E-state index contributed by atoms with van der Waals surface area (Å²) < 4.78 is 10.4. The Morgan fingerprint density at radius 2 is 2.19 bits per heavy atom. The lowest BCUT2D eigenvalue weighted by Crippen LogP contribution is -2.58. The molecule has 4 heteroatoms. The van der Waals surface area contributed by atoms with E-state index < -0.39 is 16.6 Å². The van der Waals surface area contributed by atoms with E-state index in [9.17, 15) is 4.79 Å². The summed E-state index contributed by atoms with van der Waals surface area (Å²) in [6, 6.07) is 0. The average Bonchev–Trinajstić information content (AvgIpc) is 2.82. The molecule has 4 rings (SSSR count). The Morgan fingerprint density at radius 3 is 2.69 bits per heavy atom. The highest BCUT2D eigenvalue weighted by Crippen LogP contribution is 2.74. The molecule has 0 amide bonds. The Hall–Kier alpha value is -0.280. The summed E-state index contributed by atoms with van der Waals surface area (Å²) in [5.74, 6) is 0.733. The maximum Gasteiger partial charge on any atom is 0.357 e. The molecule has 0 N–H and O–H groups in total. The van der Waals surface area contributed by atoms with E-state index in [0.717, 1.165) is 25.2 Å². The zero-order valence-electron chi connectivity index (χ0n) is 9.88. The zero-order valence-corrected chi connectivity index (χ0v) is 10.6. The van der Waals surface area contributed by atoms with Gasteiger partial charge in [0, 0.05) is 0 Å². The van der Waals surface area contributed by atoms with Crippen LogP contribution >= 0.6 is 11.6 Å². The van der Waals surface area contributed by atoms with Crippen molar-refractivity contribution in [3.05, 3.63) is 0 Å². The zero-order chi connectivity index (χ0) is 11.8. The van der Waals surface area contributed by atoms with Crippen molar-refractivity contribution in [1.82, 2.24) is 0 Å². The summed E-state index contributed by atoms with van der Waals surface area (Å²) in [5.41, 5.74) is -0.192. The maximum absolute atomic E-state index is 11.7. The van der Waals surface area contributed by atoms with Crippen LogP contribution in [-0.4, -0.2) is 23.7 Å². The molecule has 1 heterocycles. The first kappa shape index (κ1) is 10.8. The van der Waals surface area contributed by atoms with Gasteiger partial charge in [-0.2, -0.15) is 0 Å². The number of fused-ring (bicyclic) bond motifs is 1. The van der Waals surface area contributed by atoms with E-state index in [2.05, 4.69) is 13.8 Å². The number of methoxy groups -OCH3 is 1. The van der Waals surface area contributed by atoms with E-state index in [-0.39, 0.29) is 5.41 Å². The van der Waals surface area contributed by atoms with Crippen molar-refractivity contribution < 1.29 is 14.3 Å². The van der Waals surface area contributed by atoms with Gasteiger partial charge in [-0.25, -0.2) is 4.79 Å². The van der Waals surface area contributed by atoms with Gasteiger partial charge in [0.1, 0.15) is 5.60 Å². The molecule has 4 unspecified atom stereocenters. The molecule has 3 nitrogen and oxygen atoms in total. The molecule has 3 saturated carbocycles. The topological polar surface area (TPSA) is 38.8 Å². The van der Waals surface area contributed by atoms with Crippen LogP contribution in [0.25, 0.3) is 0 Å². The third-order valence-electron chi connectivity index (χ3n) is 5.17. The summed E-state index contributed by atoms with van der Waals surface area (Å²) in [7, 11) is 1.36. The minimum Gasteiger partial charge on any atom is -0.466 e. The molecule has 4 fully saturated rings. The number of alkyl halides is 1.